The minimum Gasteiger partial charge on any atom is -0.236 e. The van der Waals surface area contributed by atoms with E-state index >= 15 is 0 Å². The van der Waals surface area contributed by atoms with Gasteiger partial charge in [-0.1, -0.05) is 95.2 Å². The van der Waals surface area contributed by atoms with Crippen molar-refractivity contribution < 1.29 is 4.39 Å². The van der Waals surface area contributed by atoms with Crippen LogP contribution in [0.15, 0.2) is 54.9 Å². The quantitative estimate of drug-likeness (QED) is 0.253. The van der Waals surface area contributed by atoms with Gasteiger partial charge in [0.2, 0.25) is 0 Å². The van der Waals surface area contributed by atoms with Crippen LogP contribution in [0.3, 0.4) is 0 Å². The Morgan fingerprint density at radius 1 is 0.625 bits per heavy atom. The fourth-order valence-electron chi connectivity index (χ4n) is 4.05. The van der Waals surface area contributed by atoms with Crippen molar-refractivity contribution in [2.75, 3.05) is 0 Å². The minimum absolute atomic E-state index is 0.156. The molecule has 0 atom stereocenters. The highest BCUT2D eigenvalue weighted by Gasteiger charge is 2.08. The van der Waals surface area contributed by atoms with Crippen LogP contribution in [0.2, 0.25) is 0 Å². The zero-order valence-corrected chi connectivity index (χ0v) is 19.7. The van der Waals surface area contributed by atoms with E-state index in [9.17, 15) is 4.39 Å². The lowest BCUT2D eigenvalue weighted by molar-refractivity contribution is 0.594. The molecule has 0 saturated heterocycles. The Labute approximate surface area is 193 Å². The van der Waals surface area contributed by atoms with E-state index in [1.165, 1.54) is 50.5 Å². The number of hydrogen-bond acceptors (Lipinski definition) is 2. The van der Waals surface area contributed by atoms with Crippen LogP contribution in [0.25, 0.3) is 22.5 Å². The van der Waals surface area contributed by atoms with Crippen molar-refractivity contribution in [3.05, 3.63) is 71.8 Å². The lowest BCUT2D eigenvalue weighted by Crippen LogP contribution is -1.95. The highest BCUT2D eigenvalue weighted by atomic mass is 19.1. The zero-order valence-electron chi connectivity index (χ0n) is 19.7. The summed E-state index contributed by atoms with van der Waals surface area (Å²) in [5.74, 6) is 0.408. The summed E-state index contributed by atoms with van der Waals surface area (Å²) in [5.41, 5.74) is 4.99. The van der Waals surface area contributed by atoms with Gasteiger partial charge >= 0.3 is 0 Å². The van der Waals surface area contributed by atoms with Gasteiger partial charge in [0.1, 0.15) is 5.82 Å². The SMILES string of the molecule is CCCCCCCc1ccc(-c2cnc(-c3ccc(CCCCCC)c(F)c3)nc2)cc1. The molecule has 170 valence electrons. The number of halogens is 1. The molecule has 0 N–H and O–H groups in total. The zero-order chi connectivity index (χ0) is 22.6. The van der Waals surface area contributed by atoms with Crippen molar-refractivity contribution in [1.29, 1.82) is 0 Å². The molecule has 0 unspecified atom stereocenters. The number of hydrogen-bond donors (Lipinski definition) is 0. The van der Waals surface area contributed by atoms with Gasteiger partial charge in [-0.2, -0.15) is 0 Å². The summed E-state index contributed by atoms with van der Waals surface area (Å²) in [6.45, 7) is 4.44. The van der Waals surface area contributed by atoms with Crippen LogP contribution in [0.5, 0.6) is 0 Å². The van der Waals surface area contributed by atoms with Crippen molar-refractivity contribution in [1.82, 2.24) is 9.97 Å². The van der Waals surface area contributed by atoms with Gasteiger partial charge in [0.05, 0.1) is 0 Å². The average molecular weight is 433 g/mol. The average Bonchev–Trinajstić information content (AvgIpc) is 2.83. The lowest BCUT2D eigenvalue weighted by Gasteiger charge is -2.07. The molecule has 32 heavy (non-hydrogen) atoms. The predicted molar refractivity (Wildman–Crippen MR) is 133 cm³/mol. The molecule has 2 aromatic carbocycles. The maximum atomic E-state index is 14.5. The van der Waals surface area contributed by atoms with E-state index in [0.29, 0.717) is 5.82 Å². The van der Waals surface area contributed by atoms with E-state index in [2.05, 4.69) is 48.1 Å². The first kappa shape index (κ1) is 24.1. The van der Waals surface area contributed by atoms with Gasteiger partial charge in [0.25, 0.3) is 0 Å². The molecule has 0 aliphatic rings. The molecule has 0 radical (unpaired) electrons. The van der Waals surface area contributed by atoms with Gasteiger partial charge in [-0.3, -0.25) is 0 Å². The van der Waals surface area contributed by atoms with Gasteiger partial charge in [-0.15, -0.1) is 0 Å². The lowest BCUT2D eigenvalue weighted by atomic mass is 10.0. The van der Waals surface area contributed by atoms with Crippen LogP contribution >= 0.6 is 0 Å². The van der Waals surface area contributed by atoms with E-state index in [1.807, 2.05) is 24.5 Å². The highest BCUT2D eigenvalue weighted by molar-refractivity contribution is 5.64. The molecule has 0 aliphatic heterocycles. The fourth-order valence-corrected chi connectivity index (χ4v) is 4.05. The van der Waals surface area contributed by atoms with Crippen LogP contribution in [0, 0.1) is 5.82 Å². The summed E-state index contributed by atoms with van der Waals surface area (Å²) in [5, 5.41) is 0. The van der Waals surface area contributed by atoms with Crippen molar-refractivity contribution in [2.24, 2.45) is 0 Å². The van der Waals surface area contributed by atoms with E-state index in [4.69, 9.17) is 0 Å². The van der Waals surface area contributed by atoms with Gasteiger partial charge in [-0.25, -0.2) is 14.4 Å². The van der Waals surface area contributed by atoms with Crippen molar-refractivity contribution in [3.63, 3.8) is 0 Å². The van der Waals surface area contributed by atoms with E-state index in [1.54, 1.807) is 6.07 Å². The largest absolute Gasteiger partial charge is 0.236 e. The first-order valence-electron chi connectivity index (χ1n) is 12.4. The molecule has 0 bridgehead atoms. The Kier molecular flexibility index (Phi) is 9.87. The highest BCUT2D eigenvalue weighted by Crippen LogP contribution is 2.23. The molecule has 3 aromatic rings. The number of unbranched alkanes of at least 4 members (excludes halogenated alkanes) is 7. The van der Waals surface area contributed by atoms with Crippen molar-refractivity contribution in [3.8, 4) is 22.5 Å². The fraction of sp³-hybridized carbons (Fsp3) is 0.448. The molecular weight excluding hydrogens is 395 g/mol. The first-order chi connectivity index (χ1) is 15.7. The minimum atomic E-state index is -0.156. The van der Waals surface area contributed by atoms with Crippen LogP contribution in [-0.2, 0) is 12.8 Å². The third kappa shape index (κ3) is 7.25. The molecular formula is C29H37FN2. The first-order valence-corrected chi connectivity index (χ1v) is 12.4. The smallest absolute Gasteiger partial charge is 0.159 e. The number of aromatic nitrogens is 2. The molecule has 0 fully saturated rings. The molecule has 1 heterocycles. The standard InChI is InChI=1S/C29H37FN2/c1-3-5-7-9-10-12-23-14-16-24(17-15-23)27-21-31-29(32-22-27)26-19-18-25(28(30)20-26)13-11-8-6-4-2/h14-22H,3-13H2,1-2H3. The van der Waals surface area contributed by atoms with E-state index in [-0.39, 0.29) is 5.82 Å². The Balaban J connectivity index is 1.58. The third-order valence-corrected chi connectivity index (χ3v) is 6.12. The number of aryl methyl sites for hydroxylation is 2. The maximum absolute atomic E-state index is 14.5. The van der Waals surface area contributed by atoms with Crippen molar-refractivity contribution in [2.45, 2.75) is 84.5 Å². The van der Waals surface area contributed by atoms with Crippen LogP contribution in [0.1, 0.15) is 82.8 Å². The van der Waals surface area contributed by atoms with E-state index in [0.717, 1.165) is 47.9 Å². The monoisotopic (exact) mass is 432 g/mol. The predicted octanol–water partition coefficient (Wildman–Crippen LogP) is 8.59. The number of benzene rings is 2. The summed E-state index contributed by atoms with van der Waals surface area (Å²) in [4.78, 5) is 9.01. The van der Waals surface area contributed by atoms with Gasteiger partial charge in [0, 0.05) is 23.5 Å². The molecule has 3 rings (SSSR count). The number of nitrogens with zero attached hydrogens (tertiary/aromatic N) is 2. The van der Waals surface area contributed by atoms with Crippen LogP contribution in [0.4, 0.5) is 4.39 Å². The summed E-state index contributed by atoms with van der Waals surface area (Å²) in [7, 11) is 0. The van der Waals surface area contributed by atoms with Gasteiger partial charge < -0.3 is 0 Å². The maximum Gasteiger partial charge on any atom is 0.159 e. The van der Waals surface area contributed by atoms with Crippen LogP contribution < -0.4 is 0 Å². The number of rotatable bonds is 13. The Hall–Kier alpha value is -2.55. The molecule has 0 saturated carbocycles. The third-order valence-electron chi connectivity index (χ3n) is 6.12. The van der Waals surface area contributed by atoms with Gasteiger partial charge in [0.15, 0.2) is 5.82 Å². The van der Waals surface area contributed by atoms with Crippen molar-refractivity contribution >= 4 is 0 Å². The molecule has 0 amide bonds. The Morgan fingerprint density at radius 3 is 1.88 bits per heavy atom. The van der Waals surface area contributed by atoms with E-state index < -0.39 is 0 Å². The second-order valence-electron chi connectivity index (χ2n) is 8.77. The summed E-state index contributed by atoms with van der Waals surface area (Å²) < 4.78 is 14.5. The second-order valence-corrected chi connectivity index (χ2v) is 8.77. The van der Waals surface area contributed by atoms with Gasteiger partial charge in [-0.05, 0) is 48.4 Å². The molecule has 2 nitrogen and oxygen atoms in total. The van der Waals surface area contributed by atoms with Crippen LogP contribution in [-0.4, -0.2) is 9.97 Å². The summed E-state index contributed by atoms with van der Waals surface area (Å²) >= 11 is 0. The Morgan fingerprint density at radius 2 is 1.22 bits per heavy atom. The Bertz CT molecular complexity index is 932. The molecule has 3 heteroatoms. The summed E-state index contributed by atoms with van der Waals surface area (Å²) in [6, 6.07) is 14.1. The molecule has 1 aromatic heterocycles. The summed E-state index contributed by atoms with van der Waals surface area (Å²) in [6.07, 6.45) is 16.7. The topological polar surface area (TPSA) is 25.8 Å². The second kappa shape index (κ2) is 13.1. The normalized spacial score (nSPS) is 11.1. The molecule has 0 spiro atoms. The molecule has 0 aliphatic carbocycles.